The van der Waals surface area contributed by atoms with Crippen molar-refractivity contribution in [3.8, 4) is 11.5 Å². The second-order valence-electron chi connectivity index (χ2n) is 3.34. The molecule has 0 atom stereocenters. The van der Waals surface area contributed by atoms with Crippen LogP contribution in [-0.2, 0) is 0 Å². The van der Waals surface area contributed by atoms with Crippen LogP contribution in [0.1, 0.15) is 10.4 Å². The summed E-state index contributed by atoms with van der Waals surface area (Å²) >= 11 is 6.78. The van der Waals surface area contributed by atoms with E-state index in [0.29, 0.717) is 11.3 Å². The van der Waals surface area contributed by atoms with E-state index in [4.69, 9.17) is 4.74 Å². The maximum atomic E-state index is 10.6. The van der Waals surface area contributed by atoms with Gasteiger partial charge in [0.1, 0.15) is 17.8 Å². The quantitative estimate of drug-likeness (QED) is 0.738. The molecule has 0 N–H and O–H groups in total. The summed E-state index contributed by atoms with van der Waals surface area (Å²) in [6, 6.07) is 12.8. The van der Waals surface area contributed by atoms with Crippen molar-refractivity contribution in [2.24, 2.45) is 0 Å². The third-order valence-electron chi connectivity index (χ3n) is 2.15. The molecule has 0 heterocycles. The monoisotopic (exact) mass is 354 g/mol. The van der Waals surface area contributed by atoms with Gasteiger partial charge in [-0.05, 0) is 62.2 Å². The molecular formula is C13H8Br2O2. The van der Waals surface area contributed by atoms with Crippen LogP contribution in [0.3, 0.4) is 0 Å². The molecule has 2 rings (SSSR count). The predicted octanol–water partition coefficient (Wildman–Crippen LogP) is 4.82. The van der Waals surface area contributed by atoms with Crippen molar-refractivity contribution in [3.63, 3.8) is 0 Å². The molecule has 0 amide bonds. The number of aldehydes is 1. The fraction of sp³-hybridized carbons (Fsp3) is 0. The first kappa shape index (κ1) is 12.3. The molecule has 0 aliphatic rings. The van der Waals surface area contributed by atoms with Gasteiger partial charge >= 0.3 is 0 Å². The van der Waals surface area contributed by atoms with Crippen LogP contribution in [0.25, 0.3) is 0 Å². The second kappa shape index (κ2) is 5.47. The number of halogens is 2. The van der Waals surface area contributed by atoms with Crippen LogP contribution < -0.4 is 4.74 Å². The van der Waals surface area contributed by atoms with Crippen molar-refractivity contribution < 1.29 is 9.53 Å². The highest BCUT2D eigenvalue weighted by Gasteiger charge is 2.06. The molecule has 0 saturated heterocycles. The zero-order valence-electron chi connectivity index (χ0n) is 8.69. The van der Waals surface area contributed by atoms with Gasteiger partial charge in [-0.25, -0.2) is 0 Å². The smallest absolute Gasteiger partial charge is 0.150 e. The Bertz CT molecular complexity index is 553. The van der Waals surface area contributed by atoms with E-state index in [1.54, 1.807) is 18.2 Å². The van der Waals surface area contributed by atoms with Crippen LogP contribution in [0, 0.1) is 0 Å². The minimum Gasteiger partial charge on any atom is -0.455 e. The van der Waals surface area contributed by atoms with Crippen LogP contribution in [0.5, 0.6) is 11.5 Å². The third kappa shape index (κ3) is 2.96. The lowest BCUT2D eigenvalue weighted by Gasteiger charge is -2.09. The number of hydrogen-bond acceptors (Lipinski definition) is 2. The summed E-state index contributed by atoms with van der Waals surface area (Å²) < 4.78 is 7.36. The molecule has 0 aromatic heterocycles. The summed E-state index contributed by atoms with van der Waals surface area (Å²) in [4.78, 5) is 10.6. The zero-order chi connectivity index (χ0) is 12.3. The molecule has 2 aromatic carbocycles. The Morgan fingerprint density at radius 2 is 1.65 bits per heavy atom. The van der Waals surface area contributed by atoms with Gasteiger partial charge in [0.2, 0.25) is 0 Å². The lowest BCUT2D eigenvalue weighted by molar-refractivity contribution is 0.112. The lowest BCUT2D eigenvalue weighted by atomic mass is 10.2. The number of ether oxygens (including phenoxy) is 1. The van der Waals surface area contributed by atoms with E-state index in [0.717, 1.165) is 21.0 Å². The molecule has 0 unspecified atom stereocenters. The molecule has 0 spiro atoms. The third-order valence-corrected chi connectivity index (χ3v) is 3.42. The summed E-state index contributed by atoms with van der Waals surface area (Å²) in [5.74, 6) is 1.40. The second-order valence-corrected chi connectivity index (χ2v) is 5.05. The van der Waals surface area contributed by atoms with Gasteiger partial charge in [0.25, 0.3) is 0 Å². The topological polar surface area (TPSA) is 26.3 Å². The number of hydrogen-bond donors (Lipinski definition) is 0. The van der Waals surface area contributed by atoms with Gasteiger partial charge in [-0.1, -0.05) is 12.1 Å². The van der Waals surface area contributed by atoms with Crippen molar-refractivity contribution in [2.45, 2.75) is 0 Å². The standard InChI is InChI=1S/C13H8Br2O2/c14-10-3-1-2-4-12(10)17-13-6-5-9(8-16)7-11(13)15/h1-8H. The molecule has 17 heavy (non-hydrogen) atoms. The summed E-state index contributed by atoms with van der Waals surface area (Å²) in [6.07, 6.45) is 0.799. The van der Waals surface area contributed by atoms with Crippen LogP contribution in [0.4, 0.5) is 0 Å². The van der Waals surface area contributed by atoms with Crippen LogP contribution >= 0.6 is 31.9 Å². The molecule has 4 heteroatoms. The molecule has 0 bridgehead atoms. The van der Waals surface area contributed by atoms with Gasteiger partial charge in [-0.3, -0.25) is 4.79 Å². The molecule has 0 fully saturated rings. The maximum Gasteiger partial charge on any atom is 0.150 e. The van der Waals surface area contributed by atoms with Crippen LogP contribution in [0.15, 0.2) is 51.4 Å². The summed E-state index contributed by atoms with van der Waals surface area (Å²) in [6.45, 7) is 0. The Balaban J connectivity index is 2.31. The highest BCUT2D eigenvalue weighted by Crippen LogP contribution is 2.33. The largest absolute Gasteiger partial charge is 0.455 e. The SMILES string of the molecule is O=Cc1ccc(Oc2ccccc2Br)c(Br)c1. The van der Waals surface area contributed by atoms with Gasteiger partial charge < -0.3 is 4.74 Å². The van der Waals surface area contributed by atoms with Crippen LogP contribution in [0.2, 0.25) is 0 Å². The molecule has 0 aliphatic carbocycles. The summed E-state index contributed by atoms with van der Waals surface area (Å²) in [7, 11) is 0. The molecule has 86 valence electrons. The Morgan fingerprint density at radius 3 is 2.29 bits per heavy atom. The van der Waals surface area contributed by atoms with E-state index in [2.05, 4.69) is 31.9 Å². The molecule has 0 aliphatic heterocycles. The zero-order valence-corrected chi connectivity index (χ0v) is 11.9. The minimum atomic E-state index is 0.608. The Morgan fingerprint density at radius 1 is 0.941 bits per heavy atom. The molecule has 2 aromatic rings. The van der Waals surface area contributed by atoms with Crippen molar-refractivity contribution in [3.05, 3.63) is 57.0 Å². The first-order chi connectivity index (χ1) is 8.20. The van der Waals surface area contributed by atoms with Crippen molar-refractivity contribution in [1.29, 1.82) is 0 Å². The molecule has 0 saturated carbocycles. The van der Waals surface area contributed by atoms with Crippen molar-refractivity contribution in [1.82, 2.24) is 0 Å². The number of para-hydroxylation sites is 1. The fourth-order valence-electron chi connectivity index (χ4n) is 1.32. The summed E-state index contributed by atoms with van der Waals surface area (Å²) in [5, 5.41) is 0. The van der Waals surface area contributed by atoms with Gasteiger partial charge in [-0.15, -0.1) is 0 Å². The van der Waals surface area contributed by atoms with E-state index < -0.39 is 0 Å². The van der Waals surface area contributed by atoms with E-state index in [-0.39, 0.29) is 0 Å². The molecular weight excluding hydrogens is 348 g/mol. The van der Waals surface area contributed by atoms with Gasteiger partial charge in [0.15, 0.2) is 0 Å². The fourth-order valence-corrected chi connectivity index (χ4v) is 2.16. The number of rotatable bonds is 3. The van der Waals surface area contributed by atoms with Gasteiger partial charge in [0, 0.05) is 5.56 Å². The van der Waals surface area contributed by atoms with E-state index in [1.807, 2.05) is 24.3 Å². The molecule has 2 nitrogen and oxygen atoms in total. The Hall–Kier alpha value is -1.13. The number of carbonyl (C=O) groups is 1. The average molecular weight is 356 g/mol. The normalized spacial score (nSPS) is 10.0. The Labute approximate surface area is 116 Å². The minimum absolute atomic E-state index is 0.608. The van der Waals surface area contributed by atoms with E-state index >= 15 is 0 Å². The van der Waals surface area contributed by atoms with Crippen molar-refractivity contribution >= 4 is 38.1 Å². The number of benzene rings is 2. The van der Waals surface area contributed by atoms with Crippen molar-refractivity contribution in [2.75, 3.05) is 0 Å². The maximum absolute atomic E-state index is 10.6. The van der Waals surface area contributed by atoms with Gasteiger partial charge in [-0.2, -0.15) is 0 Å². The predicted molar refractivity (Wildman–Crippen MR) is 73.7 cm³/mol. The van der Waals surface area contributed by atoms with Gasteiger partial charge in [0.05, 0.1) is 8.95 Å². The first-order valence-corrected chi connectivity index (χ1v) is 6.46. The average Bonchev–Trinajstić information content (AvgIpc) is 2.34. The first-order valence-electron chi connectivity index (χ1n) is 4.88. The number of carbonyl (C=O) groups excluding carboxylic acids is 1. The highest BCUT2D eigenvalue weighted by atomic mass is 79.9. The van der Waals surface area contributed by atoms with E-state index in [1.165, 1.54) is 0 Å². The molecule has 0 radical (unpaired) electrons. The van der Waals surface area contributed by atoms with Crippen LogP contribution in [-0.4, -0.2) is 6.29 Å². The van der Waals surface area contributed by atoms with E-state index in [9.17, 15) is 4.79 Å². The Kier molecular flexibility index (Phi) is 3.97. The lowest BCUT2D eigenvalue weighted by Crippen LogP contribution is -1.88. The highest BCUT2D eigenvalue weighted by molar-refractivity contribution is 9.11. The summed E-state index contributed by atoms with van der Waals surface area (Å²) in [5.41, 5.74) is 0.608.